The van der Waals surface area contributed by atoms with Crippen molar-refractivity contribution >= 4 is 5.91 Å². The van der Waals surface area contributed by atoms with Crippen LogP contribution in [-0.2, 0) is 0 Å². The highest BCUT2D eigenvalue weighted by atomic mass is 16.5. The van der Waals surface area contributed by atoms with Gasteiger partial charge in [0.1, 0.15) is 11.3 Å². The van der Waals surface area contributed by atoms with Crippen molar-refractivity contribution in [1.82, 2.24) is 10.1 Å². The Labute approximate surface area is 152 Å². The molecule has 0 spiro atoms. The molecule has 5 nitrogen and oxygen atoms in total. The molecule has 4 rings (SSSR count). The summed E-state index contributed by atoms with van der Waals surface area (Å²) in [6.07, 6.45) is 2.48. The molecule has 1 aromatic heterocycles. The Kier molecular flexibility index (Phi) is 4.44. The second-order valence-electron chi connectivity index (χ2n) is 6.44. The molecule has 0 saturated carbocycles. The van der Waals surface area contributed by atoms with Crippen LogP contribution in [0.4, 0.5) is 0 Å². The average molecular weight is 348 g/mol. The smallest absolute Gasteiger partial charge is 0.259 e. The first kappa shape index (κ1) is 16.4. The summed E-state index contributed by atoms with van der Waals surface area (Å²) in [5.41, 5.74) is 2.60. The van der Waals surface area contributed by atoms with Crippen molar-refractivity contribution < 1.29 is 14.1 Å². The van der Waals surface area contributed by atoms with E-state index in [9.17, 15) is 4.79 Å². The normalized spacial score (nSPS) is 16.7. The number of likely N-dealkylation sites (tertiary alicyclic amines) is 1. The van der Waals surface area contributed by atoms with Gasteiger partial charge in [-0.25, -0.2) is 0 Å². The minimum atomic E-state index is -0.0319. The quantitative estimate of drug-likeness (QED) is 0.716. The number of benzene rings is 2. The molecule has 0 aliphatic carbocycles. The van der Waals surface area contributed by atoms with Crippen molar-refractivity contribution in [2.45, 2.75) is 12.3 Å². The molecule has 26 heavy (non-hydrogen) atoms. The number of ether oxygens (including phenoxy) is 1. The molecule has 0 bridgehead atoms. The third-order valence-electron chi connectivity index (χ3n) is 4.90. The molecule has 0 N–H and O–H groups in total. The predicted octanol–water partition coefficient (Wildman–Crippen LogP) is 3.98. The monoisotopic (exact) mass is 348 g/mol. The number of aromatic nitrogens is 1. The fraction of sp³-hybridized carbons (Fsp3) is 0.238. The fourth-order valence-electron chi connectivity index (χ4n) is 3.45. The number of nitrogens with zero attached hydrogens (tertiary/aromatic N) is 2. The largest absolute Gasteiger partial charge is 0.497 e. The van der Waals surface area contributed by atoms with Crippen molar-refractivity contribution in [2.75, 3.05) is 20.2 Å². The van der Waals surface area contributed by atoms with Crippen molar-refractivity contribution in [3.63, 3.8) is 0 Å². The third kappa shape index (κ3) is 3.08. The van der Waals surface area contributed by atoms with E-state index in [0.29, 0.717) is 17.2 Å². The number of carbonyl (C=O) groups excluding carboxylic acids is 1. The number of rotatable bonds is 4. The molecule has 1 amide bonds. The summed E-state index contributed by atoms with van der Waals surface area (Å²) in [6.45, 7) is 1.46. The van der Waals surface area contributed by atoms with E-state index in [0.717, 1.165) is 30.8 Å². The van der Waals surface area contributed by atoms with Crippen LogP contribution in [-0.4, -0.2) is 36.2 Å². The first-order chi connectivity index (χ1) is 12.8. The second-order valence-corrected chi connectivity index (χ2v) is 6.44. The molecule has 1 aliphatic heterocycles. The summed E-state index contributed by atoms with van der Waals surface area (Å²) in [7, 11) is 1.62. The lowest BCUT2D eigenvalue weighted by Gasteiger charge is -2.16. The highest BCUT2D eigenvalue weighted by Crippen LogP contribution is 2.31. The minimum Gasteiger partial charge on any atom is -0.497 e. The first-order valence-electron chi connectivity index (χ1n) is 8.69. The second kappa shape index (κ2) is 7.04. The van der Waals surface area contributed by atoms with Crippen LogP contribution in [0.25, 0.3) is 11.3 Å². The van der Waals surface area contributed by atoms with Crippen LogP contribution in [0.5, 0.6) is 5.75 Å². The van der Waals surface area contributed by atoms with Gasteiger partial charge in [-0.05, 0) is 36.2 Å². The van der Waals surface area contributed by atoms with Gasteiger partial charge in [0.2, 0.25) is 0 Å². The molecule has 132 valence electrons. The predicted molar refractivity (Wildman–Crippen MR) is 98.2 cm³/mol. The van der Waals surface area contributed by atoms with E-state index in [2.05, 4.69) is 17.3 Å². The van der Waals surface area contributed by atoms with Gasteiger partial charge in [0.05, 0.1) is 13.3 Å². The maximum Gasteiger partial charge on any atom is 0.259 e. The lowest BCUT2D eigenvalue weighted by Crippen LogP contribution is -2.28. The van der Waals surface area contributed by atoms with E-state index in [1.807, 2.05) is 47.4 Å². The van der Waals surface area contributed by atoms with Crippen LogP contribution in [0.2, 0.25) is 0 Å². The van der Waals surface area contributed by atoms with Gasteiger partial charge in [-0.15, -0.1) is 0 Å². The van der Waals surface area contributed by atoms with Crippen LogP contribution in [0.15, 0.2) is 65.3 Å². The van der Waals surface area contributed by atoms with Crippen LogP contribution >= 0.6 is 0 Å². The van der Waals surface area contributed by atoms with Gasteiger partial charge in [-0.3, -0.25) is 4.79 Å². The van der Waals surface area contributed by atoms with Crippen molar-refractivity contribution in [1.29, 1.82) is 0 Å². The van der Waals surface area contributed by atoms with Gasteiger partial charge in [0, 0.05) is 24.6 Å². The zero-order chi connectivity index (χ0) is 17.9. The first-order valence-corrected chi connectivity index (χ1v) is 8.69. The Balaban J connectivity index is 1.53. The van der Waals surface area contributed by atoms with Crippen LogP contribution in [0.3, 0.4) is 0 Å². The Morgan fingerprint density at radius 3 is 2.65 bits per heavy atom. The molecular weight excluding hydrogens is 328 g/mol. The number of amides is 1. The molecule has 2 heterocycles. The summed E-state index contributed by atoms with van der Waals surface area (Å²) >= 11 is 0. The Morgan fingerprint density at radius 2 is 1.92 bits per heavy atom. The third-order valence-corrected chi connectivity index (χ3v) is 4.90. The highest BCUT2D eigenvalue weighted by molar-refractivity contribution is 5.99. The van der Waals surface area contributed by atoms with E-state index in [4.69, 9.17) is 9.26 Å². The standard InChI is InChI=1S/C21H20N2O3/c1-25-18-9-7-16(8-10-18)20-19(13-22-26-20)21(24)23-12-11-17(14-23)15-5-3-2-4-6-15/h2-10,13,17H,11-12,14H2,1H3. The summed E-state index contributed by atoms with van der Waals surface area (Å²) < 4.78 is 10.6. The van der Waals surface area contributed by atoms with E-state index < -0.39 is 0 Å². The lowest BCUT2D eigenvalue weighted by molar-refractivity contribution is 0.0791. The van der Waals surface area contributed by atoms with Crippen molar-refractivity contribution in [2.24, 2.45) is 0 Å². The van der Waals surface area contributed by atoms with Crippen LogP contribution in [0.1, 0.15) is 28.3 Å². The Morgan fingerprint density at radius 1 is 1.15 bits per heavy atom. The topological polar surface area (TPSA) is 55.6 Å². The van der Waals surface area contributed by atoms with Crippen molar-refractivity contribution in [3.05, 3.63) is 71.9 Å². The fourth-order valence-corrected chi connectivity index (χ4v) is 3.45. The van der Waals surface area contributed by atoms with Gasteiger partial charge < -0.3 is 14.2 Å². The maximum atomic E-state index is 13.0. The maximum absolute atomic E-state index is 13.0. The molecule has 2 aromatic carbocycles. The summed E-state index contributed by atoms with van der Waals surface area (Å²) in [4.78, 5) is 14.9. The molecular formula is C21H20N2O3. The molecule has 1 fully saturated rings. The molecule has 0 radical (unpaired) electrons. The Bertz CT molecular complexity index is 887. The van der Waals surface area contributed by atoms with E-state index in [1.165, 1.54) is 11.8 Å². The summed E-state index contributed by atoms with van der Waals surface area (Å²) in [5.74, 6) is 1.60. The van der Waals surface area contributed by atoms with Crippen molar-refractivity contribution in [3.8, 4) is 17.1 Å². The summed E-state index contributed by atoms with van der Waals surface area (Å²) in [5, 5.41) is 3.86. The molecule has 1 atom stereocenters. The van der Waals surface area contributed by atoms with Crippen LogP contribution in [0, 0.1) is 0 Å². The Hall–Kier alpha value is -3.08. The number of carbonyl (C=O) groups is 1. The van der Waals surface area contributed by atoms with Gasteiger partial charge in [0.25, 0.3) is 5.91 Å². The number of hydrogen-bond acceptors (Lipinski definition) is 4. The molecule has 5 heteroatoms. The van der Waals surface area contributed by atoms with E-state index >= 15 is 0 Å². The van der Waals surface area contributed by atoms with E-state index in [1.54, 1.807) is 7.11 Å². The number of hydrogen-bond donors (Lipinski definition) is 0. The summed E-state index contributed by atoms with van der Waals surface area (Å²) in [6, 6.07) is 17.8. The highest BCUT2D eigenvalue weighted by Gasteiger charge is 2.30. The lowest BCUT2D eigenvalue weighted by atomic mass is 9.99. The molecule has 1 saturated heterocycles. The van der Waals surface area contributed by atoms with Gasteiger partial charge in [-0.1, -0.05) is 35.5 Å². The van der Waals surface area contributed by atoms with Gasteiger partial charge in [-0.2, -0.15) is 0 Å². The molecule has 3 aromatic rings. The van der Waals surface area contributed by atoms with E-state index in [-0.39, 0.29) is 5.91 Å². The van der Waals surface area contributed by atoms with Crippen LogP contribution < -0.4 is 4.74 Å². The average Bonchev–Trinajstić information content (AvgIpc) is 3.38. The number of methoxy groups -OCH3 is 1. The molecule has 1 unspecified atom stereocenters. The van der Waals surface area contributed by atoms with Gasteiger partial charge in [0.15, 0.2) is 5.76 Å². The zero-order valence-electron chi connectivity index (χ0n) is 14.6. The molecule has 1 aliphatic rings. The minimum absolute atomic E-state index is 0.0319. The SMILES string of the molecule is COc1ccc(-c2oncc2C(=O)N2CCC(c3ccccc3)C2)cc1. The zero-order valence-corrected chi connectivity index (χ0v) is 14.6. The van der Waals surface area contributed by atoms with Gasteiger partial charge >= 0.3 is 0 Å².